The Balaban J connectivity index is 1.78. The van der Waals surface area contributed by atoms with Crippen LogP contribution in [0.5, 0.6) is 0 Å². The van der Waals surface area contributed by atoms with Crippen molar-refractivity contribution in [3.05, 3.63) is 69.7 Å². The van der Waals surface area contributed by atoms with E-state index >= 15 is 0 Å². The number of aryl methyl sites for hydroxylation is 1. The van der Waals surface area contributed by atoms with Gasteiger partial charge in [0.15, 0.2) is 11.4 Å². The fraction of sp³-hybridized carbons (Fsp3) is 0.261. The molecule has 0 bridgehead atoms. The molecule has 2 aromatic carbocycles. The molecule has 14 heteroatoms. The van der Waals surface area contributed by atoms with Crippen molar-refractivity contribution in [2.24, 2.45) is 0 Å². The van der Waals surface area contributed by atoms with E-state index in [0.29, 0.717) is 27.8 Å². The standard InChI is InChI=1S/C23H18BrF5N6O2/c1-2-5-17-30-19(22(25,26)23(27,28)29)18(21(36)37)35(17)11-13-9-8-12(10-16(13)24)14-6-3-4-7-15(14)20-31-33-34-32-20/h3-4,6-10H,2,5,11H2,1H3,(H,36,37)(H,31,32,33,34). The number of aromatic nitrogens is 6. The van der Waals surface area contributed by atoms with Gasteiger partial charge in [-0.15, -0.1) is 10.2 Å². The van der Waals surface area contributed by atoms with E-state index < -0.39 is 29.5 Å². The number of rotatable bonds is 8. The molecule has 2 heterocycles. The highest BCUT2D eigenvalue weighted by molar-refractivity contribution is 9.10. The molecule has 0 atom stereocenters. The molecule has 0 unspecified atom stereocenters. The van der Waals surface area contributed by atoms with E-state index in [1.807, 2.05) is 12.1 Å². The van der Waals surface area contributed by atoms with E-state index in [4.69, 9.17) is 0 Å². The number of alkyl halides is 5. The van der Waals surface area contributed by atoms with Gasteiger partial charge in [-0.05, 0) is 34.4 Å². The van der Waals surface area contributed by atoms with Gasteiger partial charge in [-0.3, -0.25) is 0 Å². The SMILES string of the molecule is CCCc1nc(C(F)(F)C(F)(F)F)c(C(=O)O)n1Cc1ccc(-c2ccccc2-c2nn[nH]n2)cc1Br. The van der Waals surface area contributed by atoms with Crippen LogP contribution < -0.4 is 0 Å². The van der Waals surface area contributed by atoms with Crippen molar-refractivity contribution >= 4 is 21.9 Å². The van der Waals surface area contributed by atoms with Gasteiger partial charge in [-0.25, -0.2) is 9.78 Å². The van der Waals surface area contributed by atoms with Crippen molar-refractivity contribution in [2.45, 2.75) is 38.4 Å². The van der Waals surface area contributed by atoms with E-state index in [0.717, 1.165) is 15.7 Å². The maximum atomic E-state index is 14.2. The molecule has 2 aromatic heterocycles. The van der Waals surface area contributed by atoms with Crippen molar-refractivity contribution in [1.82, 2.24) is 30.2 Å². The highest BCUT2D eigenvalue weighted by Gasteiger charge is 2.62. The third-order valence-electron chi connectivity index (χ3n) is 5.58. The monoisotopic (exact) mass is 584 g/mol. The lowest BCUT2D eigenvalue weighted by Gasteiger charge is -2.18. The summed E-state index contributed by atoms with van der Waals surface area (Å²) < 4.78 is 69.2. The second kappa shape index (κ2) is 10.00. The summed E-state index contributed by atoms with van der Waals surface area (Å²) in [6, 6.07) is 12.3. The van der Waals surface area contributed by atoms with E-state index in [2.05, 4.69) is 41.5 Å². The van der Waals surface area contributed by atoms with Gasteiger partial charge in [-0.1, -0.05) is 59.3 Å². The Bertz CT molecular complexity index is 1440. The Hall–Kier alpha value is -3.68. The average Bonchev–Trinajstić information content (AvgIpc) is 3.49. The largest absolute Gasteiger partial charge is 0.477 e. The van der Waals surface area contributed by atoms with Crippen molar-refractivity contribution in [3.63, 3.8) is 0 Å². The lowest BCUT2D eigenvalue weighted by atomic mass is 9.98. The van der Waals surface area contributed by atoms with Crippen LogP contribution in [0.1, 0.15) is 40.9 Å². The zero-order valence-corrected chi connectivity index (χ0v) is 20.6. The number of hydrogen-bond acceptors (Lipinski definition) is 5. The maximum Gasteiger partial charge on any atom is 0.459 e. The minimum absolute atomic E-state index is 0.00198. The smallest absolute Gasteiger partial charge is 0.459 e. The molecule has 2 N–H and O–H groups in total. The van der Waals surface area contributed by atoms with Gasteiger partial charge < -0.3 is 9.67 Å². The minimum atomic E-state index is -6.01. The van der Waals surface area contributed by atoms with Crippen molar-refractivity contribution in [1.29, 1.82) is 0 Å². The molecule has 0 aliphatic heterocycles. The number of benzene rings is 2. The topological polar surface area (TPSA) is 110 Å². The number of tetrazole rings is 1. The van der Waals surface area contributed by atoms with E-state index in [9.17, 15) is 31.9 Å². The summed E-state index contributed by atoms with van der Waals surface area (Å²) in [5, 5.41) is 23.6. The summed E-state index contributed by atoms with van der Waals surface area (Å²) in [6.07, 6.45) is -5.66. The summed E-state index contributed by atoms with van der Waals surface area (Å²) in [6.45, 7) is 1.37. The quantitative estimate of drug-likeness (QED) is 0.252. The summed E-state index contributed by atoms with van der Waals surface area (Å²) >= 11 is 3.42. The Morgan fingerprint density at radius 2 is 1.81 bits per heavy atom. The first-order chi connectivity index (χ1) is 17.5. The van der Waals surface area contributed by atoms with Crippen molar-refractivity contribution in [2.75, 3.05) is 0 Å². The first-order valence-electron chi connectivity index (χ1n) is 10.8. The number of carboxylic acid groups (broad SMARTS) is 1. The average molecular weight is 585 g/mol. The number of carbonyl (C=O) groups is 1. The van der Waals surface area contributed by atoms with Gasteiger partial charge >= 0.3 is 18.1 Å². The Morgan fingerprint density at radius 3 is 2.38 bits per heavy atom. The molecule has 8 nitrogen and oxygen atoms in total. The van der Waals surface area contributed by atoms with Crippen molar-refractivity contribution < 1.29 is 31.9 Å². The third-order valence-corrected chi connectivity index (χ3v) is 6.32. The molecule has 0 aliphatic carbocycles. The van der Waals surface area contributed by atoms with Crippen LogP contribution in [-0.4, -0.2) is 47.4 Å². The summed E-state index contributed by atoms with van der Waals surface area (Å²) in [5.41, 5.74) is -0.424. The fourth-order valence-corrected chi connectivity index (χ4v) is 4.38. The van der Waals surface area contributed by atoms with Crippen LogP contribution >= 0.6 is 15.9 Å². The molecular formula is C23H18BrF5N6O2. The van der Waals surface area contributed by atoms with Crippen LogP contribution in [0.25, 0.3) is 22.5 Å². The lowest BCUT2D eigenvalue weighted by molar-refractivity contribution is -0.291. The second-order valence-electron chi connectivity index (χ2n) is 8.03. The number of nitrogens with one attached hydrogen (secondary N) is 1. The lowest BCUT2D eigenvalue weighted by Crippen LogP contribution is -2.35. The number of hydrogen-bond donors (Lipinski definition) is 2. The van der Waals surface area contributed by atoms with Gasteiger partial charge in [0, 0.05) is 16.5 Å². The van der Waals surface area contributed by atoms with E-state index in [1.165, 1.54) is 0 Å². The number of nitrogens with zero attached hydrogens (tertiary/aromatic N) is 5. The molecule has 0 spiro atoms. The first kappa shape index (κ1) is 26.4. The second-order valence-corrected chi connectivity index (χ2v) is 8.88. The first-order valence-corrected chi connectivity index (χ1v) is 11.6. The normalized spacial score (nSPS) is 12.2. The highest BCUT2D eigenvalue weighted by Crippen LogP contribution is 2.45. The molecule has 0 saturated carbocycles. The Kier molecular flexibility index (Phi) is 7.13. The zero-order valence-electron chi connectivity index (χ0n) is 19.0. The number of carboxylic acids is 1. The molecule has 194 valence electrons. The van der Waals surface area contributed by atoms with Gasteiger partial charge in [0.25, 0.3) is 0 Å². The Labute approximate surface area is 214 Å². The molecular weight excluding hydrogens is 567 g/mol. The molecule has 37 heavy (non-hydrogen) atoms. The van der Waals surface area contributed by atoms with Crippen molar-refractivity contribution in [3.8, 4) is 22.5 Å². The van der Waals surface area contributed by atoms with Crippen LogP contribution in [0, 0.1) is 0 Å². The minimum Gasteiger partial charge on any atom is -0.477 e. The number of halogens is 6. The van der Waals surface area contributed by atoms with Gasteiger partial charge in [0.1, 0.15) is 5.82 Å². The van der Waals surface area contributed by atoms with E-state index in [-0.39, 0.29) is 18.8 Å². The molecule has 4 aromatic rings. The Morgan fingerprint density at radius 1 is 1.11 bits per heavy atom. The summed E-state index contributed by atoms with van der Waals surface area (Å²) in [7, 11) is 0. The number of H-pyrrole nitrogens is 1. The number of aromatic amines is 1. The fourth-order valence-electron chi connectivity index (χ4n) is 3.87. The van der Waals surface area contributed by atoms with Crippen LogP contribution in [0.3, 0.4) is 0 Å². The molecule has 0 radical (unpaired) electrons. The maximum absolute atomic E-state index is 14.2. The highest BCUT2D eigenvalue weighted by atomic mass is 79.9. The third kappa shape index (κ3) is 4.97. The summed E-state index contributed by atoms with van der Waals surface area (Å²) in [5.74, 6) is -7.19. The molecule has 0 fully saturated rings. The van der Waals surface area contributed by atoms with Crippen LogP contribution in [-0.2, 0) is 18.9 Å². The molecule has 0 aliphatic rings. The zero-order chi connectivity index (χ0) is 27.0. The van der Waals surface area contributed by atoms with Gasteiger partial charge in [0.2, 0.25) is 5.82 Å². The van der Waals surface area contributed by atoms with Crippen LogP contribution in [0.4, 0.5) is 22.0 Å². The predicted molar refractivity (Wildman–Crippen MR) is 125 cm³/mol. The molecule has 0 saturated heterocycles. The predicted octanol–water partition coefficient (Wildman–Crippen LogP) is 5.85. The van der Waals surface area contributed by atoms with Crippen LogP contribution in [0.15, 0.2) is 46.9 Å². The van der Waals surface area contributed by atoms with Gasteiger partial charge in [0.05, 0.1) is 6.54 Å². The number of imidazole rings is 1. The van der Waals surface area contributed by atoms with E-state index in [1.54, 1.807) is 37.3 Å². The van der Waals surface area contributed by atoms with Gasteiger partial charge in [-0.2, -0.15) is 27.2 Å². The van der Waals surface area contributed by atoms with Crippen LogP contribution in [0.2, 0.25) is 0 Å². The molecule has 0 amide bonds. The summed E-state index contributed by atoms with van der Waals surface area (Å²) in [4.78, 5) is 15.4. The number of aromatic carboxylic acids is 1. The molecule has 4 rings (SSSR count).